The zero-order valence-corrected chi connectivity index (χ0v) is 19.7. The molecule has 0 N–H and O–H groups in total. The maximum Gasteiger partial charge on any atom is 0.235 e. The van der Waals surface area contributed by atoms with Crippen LogP contribution >= 0.6 is 23.2 Å². The van der Waals surface area contributed by atoms with Gasteiger partial charge in [0.1, 0.15) is 5.75 Å². The number of likely N-dealkylation sites (tertiary alicyclic amines) is 1. The zero-order valence-electron chi connectivity index (χ0n) is 17.3. The van der Waals surface area contributed by atoms with E-state index in [9.17, 15) is 13.4 Å². The molecule has 1 saturated heterocycles. The number of carbonyl (C=O) groups is 1. The van der Waals surface area contributed by atoms with E-state index in [0.717, 1.165) is 5.56 Å². The molecule has 0 spiro atoms. The lowest BCUT2D eigenvalue weighted by Crippen LogP contribution is -2.59. The number of carbonyl (C=O) groups excluding carboxylic acids is 1. The van der Waals surface area contributed by atoms with Crippen molar-refractivity contribution >= 4 is 45.6 Å². The third kappa shape index (κ3) is 4.28. The topological polar surface area (TPSA) is 59.0 Å². The Kier molecular flexibility index (Phi) is 6.07. The Balaban J connectivity index is 1.44. The van der Waals surface area contributed by atoms with Crippen molar-refractivity contribution in [2.24, 2.45) is 5.16 Å². The van der Waals surface area contributed by atoms with Gasteiger partial charge < -0.3 is 9.74 Å². The minimum atomic E-state index is -1.63. The molecule has 2 aromatic carbocycles. The number of hydrogen-bond donors (Lipinski definition) is 0. The van der Waals surface area contributed by atoms with Crippen molar-refractivity contribution in [3.05, 3.63) is 69.0 Å². The van der Waals surface area contributed by atoms with E-state index in [-0.39, 0.29) is 34.8 Å². The van der Waals surface area contributed by atoms with Gasteiger partial charge in [-0.05, 0) is 30.2 Å². The Morgan fingerprint density at radius 1 is 1.19 bits per heavy atom. The van der Waals surface area contributed by atoms with Gasteiger partial charge in [0.25, 0.3) is 0 Å². The molecular formula is C22H20Cl2F2N2O3S. The minimum Gasteiger partial charge on any atom is -0.384 e. The van der Waals surface area contributed by atoms with Crippen LogP contribution in [0, 0.1) is 5.82 Å². The van der Waals surface area contributed by atoms with Crippen LogP contribution in [0.1, 0.15) is 30.0 Å². The Bertz CT molecular complexity index is 1110. The van der Waals surface area contributed by atoms with Crippen molar-refractivity contribution in [1.82, 2.24) is 4.90 Å². The highest BCUT2D eigenvalue weighted by Gasteiger charge is 2.47. The SMILES string of the molecule is CS(=O)CC(=O)N1CC(F)(c2ccc(C3=NOC(C)(c4cc(Cl)c(F)c(Cl)c4)C3)cc2)C1. The van der Waals surface area contributed by atoms with E-state index in [1.807, 2.05) is 0 Å². The number of alkyl halides is 1. The first kappa shape index (κ1) is 23.1. The monoisotopic (exact) mass is 500 g/mol. The Labute approximate surface area is 196 Å². The lowest BCUT2D eigenvalue weighted by molar-refractivity contribution is -0.143. The summed E-state index contributed by atoms with van der Waals surface area (Å²) >= 11 is 11.8. The molecule has 0 saturated carbocycles. The number of halogens is 4. The molecule has 0 aromatic heterocycles. The third-order valence-electron chi connectivity index (χ3n) is 5.75. The van der Waals surface area contributed by atoms with Crippen molar-refractivity contribution in [2.75, 3.05) is 25.1 Å². The normalized spacial score (nSPS) is 22.7. The first-order valence-electron chi connectivity index (χ1n) is 9.78. The fraction of sp³-hybridized carbons (Fsp3) is 0.364. The van der Waals surface area contributed by atoms with Gasteiger partial charge >= 0.3 is 0 Å². The summed E-state index contributed by atoms with van der Waals surface area (Å²) in [7, 11) is -1.25. The number of benzene rings is 2. The molecule has 2 aliphatic rings. The number of oxime groups is 1. The van der Waals surface area contributed by atoms with Gasteiger partial charge in [-0.1, -0.05) is 52.6 Å². The van der Waals surface area contributed by atoms with E-state index in [0.29, 0.717) is 23.3 Å². The van der Waals surface area contributed by atoms with E-state index in [1.165, 1.54) is 23.3 Å². The molecule has 10 heteroatoms. The summed E-state index contributed by atoms with van der Waals surface area (Å²) in [4.78, 5) is 18.9. The van der Waals surface area contributed by atoms with Gasteiger partial charge in [0.05, 0.1) is 28.8 Å². The summed E-state index contributed by atoms with van der Waals surface area (Å²) in [6.07, 6.45) is 1.83. The van der Waals surface area contributed by atoms with E-state index in [4.69, 9.17) is 28.0 Å². The number of hydrogen-bond acceptors (Lipinski definition) is 4. The summed E-state index contributed by atoms with van der Waals surface area (Å²) in [6.45, 7) is 1.69. The first-order chi connectivity index (χ1) is 15.0. The summed E-state index contributed by atoms with van der Waals surface area (Å²) in [5.74, 6) is -1.10. The molecule has 1 amide bonds. The van der Waals surface area contributed by atoms with Gasteiger partial charge in [-0.25, -0.2) is 8.78 Å². The van der Waals surface area contributed by atoms with Crippen molar-refractivity contribution in [3.8, 4) is 0 Å². The molecule has 2 unspecified atom stereocenters. The van der Waals surface area contributed by atoms with E-state index in [1.54, 1.807) is 31.2 Å². The van der Waals surface area contributed by atoms with E-state index >= 15 is 4.39 Å². The lowest BCUT2D eigenvalue weighted by Gasteiger charge is -2.44. The summed E-state index contributed by atoms with van der Waals surface area (Å²) in [5, 5.41) is 3.98. The van der Waals surface area contributed by atoms with Crippen molar-refractivity contribution in [2.45, 2.75) is 24.6 Å². The van der Waals surface area contributed by atoms with Crippen molar-refractivity contribution in [1.29, 1.82) is 0 Å². The van der Waals surface area contributed by atoms with Crippen LogP contribution in [-0.2, 0) is 31.7 Å². The molecule has 0 aliphatic carbocycles. The van der Waals surface area contributed by atoms with Crippen LogP contribution in [0.5, 0.6) is 0 Å². The molecule has 0 radical (unpaired) electrons. The van der Waals surface area contributed by atoms with Crippen LogP contribution in [0.3, 0.4) is 0 Å². The first-order valence-corrected chi connectivity index (χ1v) is 12.3. The van der Waals surface area contributed by atoms with E-state index in [2.05, 4.69) is 5.16 Å². The zero-order chi connectivity index (χ0) is 23.3. The van der Waals surface area contributed by atoms with Gasteiger partial charge in [-0.3, -0.25) is 9.00 Å². The average molecular weight is 501 g/mol. The minimum absolute atomic E-state index is 0.0589. The number of amides is 1. The Morgan fingerprint density at radius 3 is 2.34 bits per heavy atom. The van der Waals surface area contributed by atoms with Gasteiger partial charge in [-0.2, -0.15) is 0 Å². The largest absolute Gasteiger partial charge is 0.384 e. The standard InChI is InChI=1S/C22H20Cl2F2N2O3S/c1-21(15-7-16(23)20(25)17(24)8-15)9-18(27-31-21)13-3-5-14(6-4-13)22(26)11-28(12-22)19(29)10-32(2)30/h3-8H,9-12H2,1-2H3. The summed E-state index contributed by atoms with van der Waals surface area (Å²) in [6, 6.07) is 9.77. The predicted molar refractivity (Wildman–Crippen MR) is 121 cm³/mol. The van der Waals surface area contributed by atoms with Gasteiger partial charge in [0.15, 0.2) is 17.1 Å². The fourth-order valence-electron chi connectivity index (χ4n) is 3.85. The fourth-order valence-corrected chi connectivity index (χ4v) is 4.87. The smallest absolute Gasteiger partial charge is 0.235 e. The average Bonchev–Trinajstić information content (AvgIpc) is 3.12. The van der Waals surface area contributed by atoms with Crippen LogP contribution < -0.4 is 0 Å². The number of rotatable bonds is 5. The molecular weight excluding hydrogens is 481 g/mol. The molecule has 32 heavy (non-hydrogen) atoms. The van der Waals surface area contributed by atoms with Gasteiger partial charge in [0.2, 0.25) is 5.91 Å². The Morgan fingerprint density at radius 2 is 1.78 bits per heavy atom. The predicted octanol–water partition coefficient (Wildman–Crippen LogP) is 4.56. The second-order valence-electron chi connectivity index (χ2n) is 8.30. The van der Waals surface area contributed by atoms with Crippen LogP contribution in [0.15, 0.2) is 41.6 Å². The van der Waals surface area contributed by atoms with Crippen LogP contribution in [-0.4, -0.2) is 45.8 Å². The van der Waals surface area contributed by atoms with Crippen LogP contribution in [0.4, 0.5) is 8.78 Å². The second kappa shape index (κ2) is 8.39. The van der Waals surface area contributed by atoms with E-state index < -0.39 is 27.9 Å². The Hall–Kier alpha value is -2.03. The highest BCUT2D eigenvalue weighted by Crippen LogP contribution is 2.40. The maximum absolute atomic E-state index is 15.2. The molecule has 2 heterocycles. The van der Waals surface area contributed by atoms with Crippen LogP contribution in [0.2, 0.25) is 10.0 Å². The highest BCUT2D eigenvalue weighted by atomic mass is 35.5. The summed E-state index contributed by atoms with van der Waals surface area (Å²) < 4.78 is 40.1. The van der Waals surface area contributed by atoms with Gasteiger partial charge in [0, 0.05) is 29.0 Å². The molecule has 2 atom stereocenters. The second-order valence-corrected chi connectivity index (χ2v) is 10.6. The molecule has 170 valence electrons. The quantitative estimate of drug-likeness (QED) is 0.565. The lowest BCUT2D eigenvalue weighted by atomic mass is 9.86. The van der Waals surface area contributed by atoms with Crippen molar-refractivity contribution < 1.29 is 22.6 Å². The molecule has 4 rings (SSSR count). The highest BCUT2D eigenvalue weighted by molar-refractivity contribution is 7.85. The van der Waals surface area contributed by atoms with Crippen LogP contribution in [0.25, 0.3) is 0 Å². The molecule has 2 aliphatic heterocycles. The van der Waals surface area contributed by atoms with Crippen molar-refractivity contribution in [3.63, 3.8) is 0 Å². The summed E-state index contributed by atoms with van der Waals surface area (Å²) in [5.41, 5.74) is -0.0345. The number of nitrogens with zero attached hydrogens (tertiary/aromatic N) is 2. The maximum atomic E-state index is 15.2. The molecule has 1 fully saturated rings. The molecule has 0 bridgehead atoms. The molecule has 2 aromatic rings. The van der Waals surface area contributed by atoms with Gasteiger partial charge in [-0.15, -0.1) is 0 Å². The third-order valence-corrected chi connectivity index (χ3v) is 6.96. The molecule has 5 nitrogen and oxygen atoms in total.